The zero-order valence-corrected chi connectivity index (χ0v) is 17.6. The Morgan fingerprint density at radius 1 is 1.13 bits per heavy atom. The van der Waals surface area contributed by atoms with Gasteiger partial charge in [-0.25, -0.2) is 9.36 Å². The number of aliphatic hydroxyl groups is 3. The number of likely N-dealkylation sites (tertiary alicyclic amines) is 1. The molecule has 2 saturated heterocycles. The van der Waals surface area contributed by atoms with Gasteiger partial charge in [-0.1, -0.05) is 6.42 Å². The smallest absolute Gasteiger partial charge is 0.332 e. The number of anilines is 1. The number of aliphatic hydroxyl groups excluding tert-OH is 3. The third-order valence-corrected chi connectivity index (χ3v) is 5.69. The summed E-state index contributed by atoms with van der Waals surface area (Å²) >= 11 is 0. The van der Waals surface area contributed by atoms with Crippen LogP contribution in [0.3, 0.4) is 0 Å². The van der Waals surface area contributed by atoms with Crippen molar-refractivity contribution in [1.82, 2.24) is 24.0 Å². The number of nitrogens with zero attached hydrogens (tertiary/aromatic N) is 4. The van der Waals surface area contributed by atoms with Crippen molar-refractivity contribution in [2.75, 3.05) is 32.0 Å². The molecule has 176 valence electrons. The molecule has 2 aromatic rings. The van der Waals surface area contributed by atoms with Gasteiger partial charge in [0, 0.05) is 13.1 Å². The Hall–Kier alpha value is -2.00. The minimum Gasteiger partial charge on any atom is -0.412 e. The van der Waals surface area contributed by atoms with Crippen molar-refractivity contribution in [3.8, 4) is 0 Å². The molecule has 0 amide bonds. The molecule has 31 heavy (non-hydrogen) atoms. The number of nitrogen functional groups attached to an aromatic ring is 1. The van der Waals surface area contributed by atoms with Crippen molar-refractivity contribution >= 4 is 29.5 Å². The third-order valence-electron chi connectivity index (χ3n) is 5.69. The summed E-state index contributed by atoms with van der Waals surface area (Å²) in [6.45, 7) is 2.17. The zero-order valence-electron chi connectivity index (χ0n) is 16.8. The van der Waals surface area contributed by atoms with E-state index in [2.05, 4.69) is 14.9 Å². The number of hydrogen-bond donors (Lipinski definition) is 5. The molecule has 4 atom stereocenters. The first kappa shape index (κ1) is 25.3. The molecular formula is C17H29ClN6O7. The largest absolute Gasteiger partial charge is 0.412 e. The van der Waals surface area contributed by atoms with Crippen LogP contribution in [0.1, 0.15) is 25.5 Å². The summed E-state index contributed by atoms with van der Waals surface area (Å²) < 4.78 is 7.82. The van der Waals surface area contributed by atoms with Crippen molar-refractivity contribution in [3.63, 3.8) is 0 Å². The third kappa shape index (κ3) is 4.48. The fourth-order valence-electron chi connectivity index (χ4n) is 4.15. The number of H-pyrrole nitrogens is 1. The molecule has 13 nitrogen and oxygen atoms in total. The summed E-state index contributed by atoms with van der Waals surface area (Å²) in [5, 5.41) is 29.8. The van der Waals surface area contributed by atoms with E-state index in [9.17, 15) is 24.9 Å². The average Bonchev–Trinajstić information content (AvgIpc) is 3.14. The van der Waals surface area contributed by atoms with E-state index in [4.69, 9.17) is 10.5 Å². The monoisotopic (exact) mass is 464 g/mol. The number of imidazole rings is 1. The van der Waals surface area contributed by atoms with Gasteiger partial charge in [-0.15, -0.1) is 12.4 Å². The molecule has 2 fully saturated rings. The Morgan fingerprint density at radius 2 is 1.81 bits per heavy atom. The van der Waals surface area contributed by atoms with E-state index in [0.29, 0.717) is 6.54 Å². The number of fused-ring (bicyclic) bond motifs is 1. The van der Waals surface area contributed by atoms with Crippen LogP contribution in [0.4, 0.5) is 5.95 Å². The summed E-state index contributed by atoms with van der Waals surface area (Å²) in [6, 6.07) is 0. The minimum atomic E-state index is -1.48. The molecule has 4 rings (SSSR count). The number of aromatic amines is 1. The van der Waals surface area contributed by atoms with Gasteiger partial charge in [0.2, 0.25) is 5.95 Å². The maximum Gasteiger partial charge on any atom is 0.332 e. The van der Waals surface area contributed by atoms with Gasteiger partial charge in [0.05, 0.1) is 6.61 Å². The van der Waals surface area contributed by atoms with Gasteiger partial charge in [-0.05, 0) is 25.9 Å². The fraction of sp³-hybridized carbons (Fsp3) is 0.706. The van der Waals surface area contributed by atoms with Gasteiger partial charge in [0.1, 0.15) is 18.3 Å². The molecule has 0 unspecified atom stereocenters. The van der Waals surface area contributed by atoms with Gasteiger partial charge in [-0.2, -0.15) is 4.98 Å². The van der Waals surface area contributed by atoms with E-state index in [1.54, 1.807) is 0 Å². The second-order valence-corrected chi connectivity index (χ2v) is 7.56. The zero-order chi connectivity index (χ0) is 20.7. The van der Waals surface area contributed by atoms with Crippen LogP contribution in [0.15, 0.2) is 9.59 Å². The summed E-state index contributed by atoms with van der Waals surface area (Å²) in [7, 11) is 0. The first-order valence-corrected chi connectivity index (χ1v) is 9.77. The molecule has 0 aromatic carbocycles. The van der Waals surface area contributed by atoms with Crippen LogP contribution in [0.2, 0.25) is 0 Å². The SMILES string of the molecule is Cl.Nc1nc2c(c(=O)[nH]1)n(CCN1CCCCC1)c(=O)n2[C@@H]1O[C@H](CO)[C@@H](O)[C@H]1O.O. The van der Waals surface area contributed by atoms with Gasteiger partial charge in [-0.3, -0.25) is 14.3 Å². The predicted octanol–water partition coefficient (Wildman–Crippen LogP) is -2.84. The molecule has 0 spiro atoms. The van der Waals surface area contributed by atoms with E-state index in [0.717, 1.165) is 30.5 Å². The molecule has 0 radical (unpaired) electrons. The maximum atomic E-state index is 13.2. The number of aromatic nitrogens is 4. The molecule has 0 saturated carbocycles. The average molecular weight is 465 g/mol. The summed E-state index contributed by atoms with van der Waals surface area (Å²) in [4.78, 5) is 34.5. The quantitative estimate of drug-likeness (QED) is 0.308. The van der Waals surface area contributed by atoms with Gasteiger partial charge in [0.15, 0.2) is 17.4 Å². The van der Waals surface area contributed by atoms with Crippen LogP contribution in [-0.2, 0) is 11.3 Å². The molecule has 2 aromatic heterocycles. The number of halogens is 1. The van der Waals surface area contributed by atoms with E-state index < -0.39 is 42.4 Å². The molecule has 2 aliphatic rings. The second-order valence-electron chi connectivity index (χ2n) is 7.56. The summed E-state index contributed by atoms with van der Waals surface area (Å²) in [5.41, 5.74) is 4.48. The van der Waals surface area contributed by atoms with Crippen LogP contribution >= 0.6 is 12.4 Å². The Morgan fingerprint density at radius 3 is 2.42 bits per heavy atom. The van der Waals surface area contributed by atoms with E-state index in [1.165, 1.54) is 11.0 Å². The van der Waals surface area contributed by atoms with Crippen molar-refractivity contribution in [1.29, 1.82) is 0 Å². The maximum absolute atomic E-state index is 13.2. The van der Waals surface area contributed by atoms with Crippen LogP contribution in [-0.4, -0.2) is 89.4 Å². The summed E-state index contributed by atoms with van der Waals surface area (Å²) in [6.07, 6.45) is -1.86. The number of hydrogen-bond acceptors (Lipinski definition) is 9. The van der Waals surface area contributed by atoms with Crippen molar-refractivity contribution in [2.24, 2.45) is 0 Å². The van der Waals surface area contributed by atoms with Gasteiger partial charge < -0.3 is 36.2 Å². The lowest BCUT2D eigenvalue weighted by atomic mass is 10.1. The Kier molecular flexibility index (Phi) is 8.21. The van der Waals surface area contributed by atoms with Crippen LogP contribution < -0.4 is 17.0 Å². The number of nitrogens with two attached hydrogens (primary N) is 1. The van der Waals surface area contributed by atoms with Crippen molar-refractivity contribution in [3.05, 3.63) is 20.8 Å². The highest BCUT2D eigenvalue weighted by atomic mass is 35.5. The Bertz CT molecular complexity index is 1000. The van der Waals surface area contributed by atoms with Gasteiger partial charge in [0.25, 0.3) is 5.56 Å². The van der Waals surface area contributed by atoms with Crippen LogP contribution in [0, 0.1) is 0 Å². The molecule has 8 N–H and O–H groups in total. The lowest BCUT2D eigenvalue weighted by Crippen LogP contribution is -2.38. The van der Waals surface area contributed by atoms with Crippen molar-refractivity contribution in [2.45, 2.75) is 50.3 Å². The molecular weight excluding hydrogens is 436 g/mol. The standard InChI is InChI=1S/C17H26N6O6.ClH.H2O/c18-16-19-13-10(14(27)20-16)22(7-6-21-4-2-1-3-5-21)17(28)23(13)15-12(26)11(25)9(8-24)29-15;;/h9,11-12,15,24-26H,1-8H2,(H3,18,19,20,27);1H;1H2/t9-,11-,12-,15-;;/m1../s1. The number of piperidine rings is 1. The molecule has 0 aliphatic carbocycles. The number of rotatable bonds is 5. The topological polar surface area (TPSA) is 203 Å². The van der Waals surface area contributed by atoms with Crippen LogP contribution in [0.25, 0.3) is 11.2 Å². The fourth-order valence-corrected chi connectivity index (χ4v) is 4.15. The molecule has 4 heterocycles. The van der Waals surface area contributed by atoms with E-state index in [-0.39, 0.29) is 41.5 Å². The highest BCUT2D eigenvalue weighted by Gasteiger charge is 2.45. The van der Waals surface area contributed by atoms with Gasteiger partial charge >= 0.3 is 5.69 Å². The lowest BCUT2D eigenvalue weighted by Gasteiger charge is -2.26. The Balaban J connectivity index is 0.00000171. The van der Waals surface area contributed by atoms with Crippen molar-refractivity contribution < 1.29 is 25.5 Å². The van der Waals surface area contributed by atoms with E-state index >= 15 is 0 Å². The molecule has 2 aliphatic heterocycles. The first-order chi connectivity index (χ1) is 13.9. The predicted molar refractivity (Wildman–Crippen MR) is 113 cm³/mol. The number of nitrogens with one attached hydrogen (secondary N) is 1. The van der Waals surface area contributed by atoms with E-state index in [1.807, 2.05) is 0 Å². The highest BCUT2D eigenvalue weighted by molar-refractivity contribution is 5.85. The molecule has 0 bridgehead atoms. The summed E-state index contributed by atoms with van der Waals surface area (Å²) in [5.74, 6) is -0.184. The first-order valence-electron chi connectivity index (χ1n) is 9.77. The normalized spacial score (nSPS) is 26.5. The number of ether oxygens (including phenoxy) is 1. The Labute approximate surface area is 182 Å². The minimum absolute atomic E-state index is 0. The highest BCUT2D eigenvalue weighted by Crippen LogP contribution is 2.30. The van der Waals surface area contributed by atoms with Crippen LogP contribution in [0.5, 0.6) is 0 Å². The lowest BCUT2D eigenvalue weighted by molar-refractivity contribution is -0.0528. The molecule has 14 heteroatoms. The second kappa shape index (κ2) is 10.1.